The van der Waals surface area contributed by atoms with Crippen molar-refractivity contribution in [3.63, 3.8) is 0 Å². The van der Waals surface area contributed by atoms with Crippen LogP contribution in [0, 0.1) is 0 Å². The molecule has 146 valence electrons. The number of halogens is 1. The predicted molar refractivity (Wildman–Crippen MR) is 109 cm³/mol. The number of fused-ring (bicyclic) bond motifs is 1. The average molecular weight is 419 g/mol. The van der Waals surface area contributed by atoms with Crippen molar-refractivity contribution in [3.8, 4) is 0 Å². The first-order chi connectivity index (χ1) is 13.4. The van der Waals surface area contributed by atoms with E-state index in [9.17, 15) is 14.4 Å². The number of amides is 2. The first-order valence-corrected chi connectivity index (χ1v) is 10.1. The third kappa shape index (κ3) is 5.05. The van der Waals surface area contributed by atoms with Crippen LogP contribution in [0.1, 0.15) is 29.3 Å². The molecule has 0 aliphatic carbocycles. The lowest BCUT2D eigenvalue weighted by Crippen LogP contribution is -2.35. The van der Waals surface area contributed by atoms with Gasteiger partial charge in [0.2, 0.25) is 5.91 Å². The highest BCUT2D eigenvalue weighted by Crippen LogP contribution is 2.31. The quantitative estimate of drug-likeness (QED) is 0.724. The molecule has 0 aromatic heterocycles. The molecule has 2 amide bonds. The minimum absolute atomic E-state index is 0.0934. The molecule has 0 unspecified atom stereocenters. The Morgan fingerprint density at radius 2 is 2.07 bits per heavy atom. The Morgan fingerprint density at radius 1 is 1.29 bits per heavy atom. The average Bonchev–Trinajstić information content (AvgIpc) is 2.86. The van der Waals surface area contributed by atoms with Gasteiger partial charge in [-0.05, 0) is 36.8 Å². The van der Waals surface area contributed by atoms with E-state index in [0.717, 1.165) is 10.5 Å². The van der Waals surface area contributed by atoms with Crippen molar-refractivity contribution in [2.45, 2.75) is 30.9 Å². The van der Waals surface area contributed by atoms with E-state index in [1.165, 1.54) is 6.92 Å². The highest BCUT2D eigenvalue weighted by Gasteiger charge is 2.21. The number of thioether (sulfide) groups is 1. The van der Waals surface area contributed by atoms with Crippen LogP contribution in [-0.4, -0.2) is 29.6 Å². The third-order valence-electron chi connectivity index (χ3n) is 4.14. The molecule has 0 spiro atoms. The van der Waals surface area contributed by atoms with Gasteiger partial charge in [-0.25, -0.2) is 4.79 Å². The highest BCUT2D eigenvalue weighted by molar-refractivity contribution is 7.99. The maximum atomic E-state index is 12.4. The SMILES string of the molecule is C[C@@H](OC(=O)c1ccc2c(c1)NC(=O)CCS2)C(=O)NCc1ccccc1Cl. The lowest BCUT2D eigenvalue weighted by molar-refractivity contribution is -0.129. The van der Waals surface area contributed by atoms with Crippen LogP contribution in [0.2, 0.25) is 5.02 Å². The molecule has 1 atom stereocenters. The van der Waals surface area contributed by atoms with Crippen molar-refractivity contribution in [3.05, 3.63) is 58.6 Å². The molecule has 6 nitrogen and oxygen atoms in total. The van der Waals surface area contributed by atoms with Crippen LogP contribution in [-0.2, 0) is 20.9 Å². The molecule has 8 heteroatoms. The van der Waals surface area contributed by atoms with E-state index in [1.807, 2.05) is 6.07 Å². The van der Waals surface area contributed by atoms with Crippen molar-refractivity contribution in [1.82, 2.24) is 5.32 Å². The zero-order chi connectivity index (χ0) is 20.1. The number of benzene rings is 2. The zero-order valence-electron chi connectivity index (χ0n) is 15.2. The first kappa shape index (κ1) is 20.2. The smallest absolute Gasteiger partial charge is 0.338 e. The number of anilines is 1. The van der Waals surface area contributed by atoms with Gasteiger partial charge in [0.05, 0.1) is 11.3 Å². The summed E-state index contributed by atoms with van der Waals surface area (Å²) >= 11 is 7.61. The van der Waals surface area contributed by atoms with Crippen LogP contribution in [0.25, 0.3) is 0 Å². The highest BCUT2D eigenvalue weighted by atomic mass is 35.5. The first-order valence-electron chi connectivity index (χ1n) is 8.73. The van der Waals surface area contributed by atoms with Crippen LogP contribution in [0.3, 0.4) is 0 Å². The summed E-state index contributed by atoms with van der Waals surface area (Å²) in [5.41, 5.74) is 1.63. The molecule has 2 aromatic rings. The molecule has 0 saturated carbocycles. The van der Waals surface area contributed by atoms with Gasteiger partial charge in [-0.2, -0.15) is 0 Å². The zero-order valence-corrected chi connectivity index (χ0v) is 16.7. The van der Waals surface area contributed by atoms with Crippen molar-refractivity contribution in [2.24, 2.45) is 0 Å². The largest absolute Gasteiger partial charge is 0.449 e. The van der Waals surface area contributed by atoms with Gasteiger partial charge in [0.25, 0.3) is 5.91 Å². The Labute approximate surface area is 172 Å². The summed E-state index contributed by atoms with van der Waals surface area (Å²) in [5.74, 6) is -0.465. The summed E-state index contributed by atoms with van der Waals surface area (Å²) in [5, 5.41) is 6.03. The van der Waals surface area contributed by atoms with Crippen LogP contribution in [0.5, 0.6) is 0 Å². The third-order valence-corrected chi connectivity index (χ3v) is 5.58. The minimum atomic E-state index is -0.974. The Morgan fingerprint density at radius 3 is 2.86 bits per heavy atom. The predicted octanol–water partition coefficient (Wildman–Crippen LogP) is 3.64. The van der Waals surface area contributed by atoms with E-state index in [4.69, 9.17) is 16.3 Å². The molecular weight excluding hydrogens is 400 g/mol. The number of nitrogens with one attached hydrogen (secondary N) is 2. The van der Waals surface area contributed by atoms with Gasteiger partial charge in [0.1, 0.15) is 0 Å². The fourth-order valence-corrected chi connectivity index (χ4v) is 3.74. The normalized spacial score (nSPS) is 14.3. The van der Waals surface area contributed by atoms with Crippen molar-refractivity contribution in [1.29, 1.82) is 0 Å². The molecule has 1 aliphatic heterocycles. The second-order valence-corrected chi connectivity index (χ2v) is 7.76. The Kier molecular flexibility index (Phi) is 6.59. The second kappa shape index (κ2) is 9.12. The topological polar surface area (TPSA) is 84.5 Å². The monoisotopic (exact) mass is 418 g/mol. The Bertz CT molecular complexity index is 919. The molecule has 1 heterocycles. The number of hydrogen-bond donors (Lipinski definition) is 2. The fraction of sp³-hybridized carbons (Fsp3) is 0.250. The van der Waals surface area contributed by atoms with E-state index < -0.39 is 18.0 Å². The summed E-state index contributed by atoms with van der Waals surface area (Å²) in [4.78, 5) is 37.2. The van der Waals surface area contributed by atoms with Crippen molar-refractivity contribution in [2.75, 3.05) is 11.1 Å². The van der Waals surface area contributed by atoms with E-state index in [-0.39, 0.29) is 18.0 Å². The maximum Gasteiger partial charge on any atom is 0.338 e. The molecule has 3 rings (SSSR count). The number of ether oxygens (including phenoxy) is 1. The molecule has 0 fully saturated rings. The molecule has 2 N–H and O–H groups in total. The molecule has 0 bridgehead atoms. The van der Waals surface area contributed by atoms with E-state index >= 15 is 0 Å². The Balaban J connectivity index is 1.60. The van der Waals surface area contributed by atoms with Gasteiger partial charge < -0.3 is 15.4 Å². The molecule has 0 radical (unpaired) electrons. The van der Waals surface area contributed by atoms with Gasteiger partial charge in [-0.3, -0.25) is 9.59 Å². The number of carbonyl (C=O) groups excluding carboxylic acids is 3. The van der Waals surface area contributed by atoms with Crippen LogP contribution < -0.4 is 10.6 Å². The van der Waals surface area contributed by atoms with Crippen LogP contribution >= 0.6 is 23.4 Å². The van der Waals surface area contributed by atoms with Gasteiger partial charge in [0, 0.05) is 28.6 Å². The summed E-state index contributed by atoms with van der Waals surface area (Å²) in [6.45, 7) is 1.74. The van der Waals surface area contributed by atoms with E-state index in [1.54, 1.807) is 48.2 Å². The molecular formula is C20H19ClN2O4S. The van der Waals surface area contributed by atoms with Crippen molar-refractivity contribution >= 4 is 46.8 Å². The lowest BCUT2D eigenvalue weighted by atomic mass is 10.2. The number of rotatable bonds is 5. The number of hydrogen-bond acceptors (Lipinski definition) is 5. The Hall–Kier alpha value is -2.51. The van der Waals surface area contributed by atoms with Gasteiger partial charge in [0.15, 0.2) is 6.10 Å². The standard InChI is InChI=1S/C20H19ClN2O4S/c1-12(19(25)22-11-14-4-2-3-5-15(14)21)27-20(26)13-6-7-17-16(10-13)23-18(24)8-9-28-17/h2-7,10,12H,8-9,11H2,1H3,(H,22,25)(H,23,24)/t12-/m1/s1. The van der Waals surface area contributed by atoms with Gasteiger partial charge >= 0.3 is 5.97 Å². The summed E-state index contributed by atoms with van der Waals surface area (Å²) in [6.07, 6.45) is -0.556. The molecule has 28 heavy (non-hydrogen) atoms. The summed E-state index contributed by atoms with van der Waals surface area (Å²) in [6, 6.07) is 12.1. The van der Waals surface area contributed by atoms with Crippen molar-refractivity contribution < 1.29 is 19.1 Å². The summed E-state index contributed by atoms with van der Waals surface area (Å²) < 4.78 is 5.26. The summed E-state index contributed by atoms with van der Waals surface area (Å²) in [7, 11) is 0. The molecule has 0 saturated heterocycles. The molecule has 1 aliphatic rings. The minimum Gasteiger partial charge on any atom is -0.449 e. The lowest BCUT2D eigenvalue weighted by Gasteiger charge is -2.15. The maximum absolute atomic E-state index is 12.4. The van der Waals surface area contributed by atoms with Crippen LogP contribution in [0.4, 0.5) is 5.69 Å². The number of esters is 1. The molecule has 2 aromatic carbocycles. The van der Waals surface area contributed by atoms with Crippen LogP contribution in [0.15, 0.2) is 47.4 Å². The number of carbonyl (C=O) groups is 3. The van der Waals surface area contributed by atoms with E-state index in [2.05, 4.69) is 10.6 Å². The van der Waals surface area contributed by atoms with E-state index in [0.29, 0.717) is 22.9 Å². The van der Waals surface area contributed by atoms with Gasteiger partial charge in [-0.1, -0.05) is 29.8 Å². The fourth-order valence-electron chi connectivity index (χ4n) is 2.60. The van der Waals surface area contributed by atoms with Gasteiger partial charge in [-0.15, -0.1) is 11.8 Å². The second-order valence-electron chi connectivity index (χ2n) is 6.21.